The van der Waals surface area contributed by atoms with Crippen LogP contribution in [0.4, 0.5) is 22.7 Å². The maximum absolute atomic E-state index is 12.0. The van der Waals surface area contributed by atoms with Gasteiger partial charge in [0.25, 0.3) is 5.69 Å². The fourth-order valence-electron chi connectivity index (χ4n) is 3.17. The van der Waals surface area contributed by atoms with Gasteiger partial charge in [0.1, 0.15) is 17.3 Å². The largest absolute Gasteiger partial charge is 0.458 e. The van der Waals surface area contributed by atoms with Gasteiger partial charge in [-0.05, 0) is 42.8 Å². The minimum absolute atomic E-state index is 0.0529. The molecule has 9 nitrogen and oxygen atoms in total. The number of nitro groups is 1. The lowest BCUT2D eigenvalue weighted by atomic mass is 10.2. The topological polar surface area (TPSA) is 114 Å². The molecule has 0 aliphatic heterocycles. The highest BCUT2D eigenvalue weighted by molar-refractivity contribution is 6.36. The van der Waals surface area contributed by atoms with Gasteiger partial charge in [0.05, 0.1) is 22.1 Å². The van der Waals surface area contributed by atoms with Crippen molar-refractivity contribution in [3.63, 3.8) is 0 Å². The molecule has 0 atom stereocenters. The highest BCUT2D eigenvalue weighted by Crippen LogP contribution is 2.36. The number of ketones is 1. The number of ether oxygens (including phenoxy) is 1. The Balaban J connectivity index is 1.74. The molecular formula is C25H22Cl2N4O5. The van der Waals surface area contributed by atoms with Crippen LogP contribution in [-0.4, -0.2) is 29.8 Å². The Morgan fingerprint density at radius 3 is 2.33 bits per heavy atom. The maximum Gasteiger partial charge on any atom is 0.308 e. The molecule has 0 unspecified atom stereocenters. The highest BCUT2D eigenvalue weighted by Gasteiger charge is 2.16. The Hall–Kier alpha value is -3.82. The zero-order chi connectivity index (χ0) is 26.1. The number of nitro benzene ring substituents is 1. The lowest BCUT2D eigenvalue weighted by Crippen LogP contribution is -2.26. The molecule has 0 fully saturated rings. The molecule has 0 amide bonds. The first-order chi connectivity index (χ1) is 17.2. The summed E-state index contributed by atoms with van der Waals surface area (Å²) in [5.41, 5.74) is 2.31. The first-order valence-corrected chi connectivity index (χ1v) is 11.6. The number of carbonyl (C=O) groups is 2. The minimum Gasteiger partial charge on any atom is -0.458 e. The van der Waals surface area contributed by atoms with E-state index < -0.39 is 10.9 Å². The molecule has 0 aliphatic carbocycles. The summed E-state index contributed by atoms with van der Waals surface area (Å²) in [7, 11) is 0. The number of azo groups is 1. The summed E-state index contributed by atoms with van der Waals surface area (Å²) in [6.45, 7) is 2.06. The summed E-state index contributed by atoms with van der Waals surface area (Å²) in [6, 6.07) is 19.4. The van der Waals surface area contributed by atoms with Crippen molar-refractivity contribution in [3.05, 3.63) is 92.5 Å². The van der Waals surface area contributed by atoms with Gasteiger partial charge in [-0.3, -0.25) is 19.7 Å². The number of esters is 1. The third-order valence-electron chi connectivity index (χ3n) is 4.94. The van der Waals surface area contributed by atoms with Crippen LogP contribution in [-0.2, 0) is 20.9 Å². The fraction of sp³-hybridized carbons (Fsp3) is 0.200. The van der Waals surface area contributed by atoms with E-state index in [9.17, 15) is 19.7 Å². The van der Waals surface area contributed by atoms with Gasteiger partial charge in [0, 0.05) is 24.8 Å². The fourth-order valence-corrected chi connectivity index (χ4v) is 3.59. The summed E-state index contributed by atoms with van der Waals surface area (Å²) in [5, 5.41) is 19.1. The summed E-state index contributed by atoms with van der Waals surface area (Å²) >= 11 is 12.0. The lowest BCUT2D eigenvalue weighted by Gasteiger charge is -2.25. The van der Waals surface area contributed by atoms with Crippen LogP contribution < -0.4 is 4.90 Å². The number of rotatable bonds is 11. The number of nitrogens with zero attached hydrogens (tertiary/aromatic N) is 4. The number of halogens is 2. The monoisotopic (exact) mass is 528 g/mol. The van der Waals surface area contributed by atoms with Crippen molar-refractivity contribution >= 4 is 57.7 Å². The van der Waals surface area contributed by atoms with Gasteiger partial charge in [0.2, 0.25) is 0 Å². The molecule has 0 heterocycles. The van der Waals surface area contributed by atoms with Crippen LogP contribution in [0.25, 0.3) is 0 Å². The first-order valence-electron chi connectivity index (χ1n) is 10.8. The summed E-state index contributed by atoms with van der Waals surface area (Å²) < 4.78 is 4.97. The molecule has 0 saturated heterocycles. The SMILES string of the molecule is CC(=O)COC(=O)CCN(Cc1ccccc1)c1ccc(/N=N/c2cc(Cl)c([N+](=O)[O-])cc2Cl)cc1. The van der Waals surface area contributed by atoms with E-state index in [1.165, 1.54) is 13.0 Å². The second-order valence-corrected chi connectivity index (χ2v) is 8.56. The molecule has 0 N–H and O–H groups in total. The number of hydrogen-bond donors (Lipinski definition) is 0. The molecule has 186 valence electrons. The van der Waals surface area contributed by atoms with Crippen molar-refractivity contribution in [1.29, 1.82) is 0 Å². The Kier molecular flexibility index (Phi) is 9.49. The maximum atomic E-state index is 12.0. The van der Waals surface area contributed by atoms with Crippen LogP contribution in [0.3, 0.4) is 0 Å². The molecule has 3 aromatic carbocycles. The van der Waals surface area contributed by atoms with Crippen LogP contribution in [0.5, 0.6) is 0 Å². The van der Waals surface area contributed by atoms with Crippen molar-refractivity contribution in [3.8, 4) is 0 Å². The van der Waals surface area contributed by atoms with Crippen molar-refractivity contribution in [2.45, 2.75) is 19.9 Å². The Bertz CT molecular complexity index is 1270. The van der Waals surface area contributed by atoms with E-state index in [2.05, 4.69) is 10.2 Å². The van der Waals surface area contributed by atoms with E-state index in [0.717, 1.165) is 17.3 Å². The summed E-state index contributed by atoms with van der Waals surface area (Å²) in [5.74, 6) is -0.668. The highest BCUT2D eigenvalue weighted by atomic mass is 35.5. The van der Waals surface area contributed by atoms with E-state index in [1.54, 1.807) is 12.1 Å². The Labute approximate surface area is 217 Å². The van der Waals surface area contributed by atoms with Crippen molar-refractivity contribution in [2.75, 3.05) is 18.1 Å². The molecular weight excluding hydrogens is 507 g/mol. The van der Waals surface area contributed by atoms with E-state index in [4.69, 9.17) is 27.9 Å². The van der Waals surface area contributed by atoms with Crippen molar-refractivity contribution in [2.24, 2.45) is 10.2 Å². The first kappa shape index (κ1) is 26.8. The second kappa shape index (κ2) is 12.8. The standard InChI is InChI=1S/C25H22Cl2N4O5/c1-17(32)16-36-25(33)11-12-30(15-18-5-3-2-4-6-18)20-9-7-19(8-10-20)28-29-23-13-22(27)24(31(34)35)14-21(23)26/h2-10,13-14H,11-12,15-16H2,1H3/b29-28+. The molecule has 0 saturated carbocycles. The van der Waals surface area contributed by atoms with Crippen LogP contribution in [0.15, 0.2) is 77.0 Å². The smallest absolute Gasteiger partial charge is 0.308 e. The van der Waals surface area contributed by atoms with Gasteiger partial charge < -0.3 is 9.64 Å². The quantitative estimate of drug-likeness (QED) is 0.116. The van der Waals surface area contributed by atoms with E-state index in [0.29, 0.717) is 18.8 Å². The number of anilines is 1. The Morgan fingerprint density at radius 2 is 1.69 bits per heavy atom. The lowest BCUT2D eigenvalue weighted by molar-refractivity contribution is -0.384. The molecule has 11 heteroatoms. The van der Waals surface area contributed by atoms with E-state index >= 15 is 0 Å². The molecule has 0 spiro atoms. The third kappa shape index (κ3) is 7.86. The van der Waals surface area contributed by atoms with Crippen LogP contribution in [0, 0.1) is 10.1 Å². The zero-order valence-electron chi connectivity index (χ0n) is 19.3. The second-order valence-electron chi connectivity index (χ2n) is 7.75. The molecule has 36 heavy (non-hydrogen) atoms. The van der Waals surface area contributed by atoms with Crippen LogP contribution >= 0.6 is 23.2 Å². The van der Waals surface area contributed by atoms with Crippen LogP contribution in [0.1, 0.15) is 18.9 Å². The van der Waals surface area contributed by atoms with Crippen molar-refractivity contribution < 1.29 is 19.2 Å². The van der Waals surface area contributed by atoms with Gasteiger partial charge in [0.15, 0.2) is 5.78 Å². The molecule has 0 aromatic heterocycles. The van der Waals surface area contributed by atoms with Gasteiger partial charge >= 0.3 is 5.97 Å². The predicted molar refractivity (Wildman–Crippen MR) is 137 cm³/mol. The molecule has 0 bridgehead atoms. The van der Waals surface area contributed by atoms with E-state index in [-0.39, 0.29) is 40.2 Å². The summed E-state index contributed by atoms with van der Waals surface area (Å²) in [4.78, 5) is 35.5. The molecule has 0 aliphatic rings. The molecule has 3 aromatic rings. The molecule has 0 radical (unpaired) electrons. The van der Waals surface area contributed by atoms with Gasteiger partial charge in [-0.1, -0.05) is 53.5 Å². The van der Waals surface area contributed by atoms with Crippen molar-refractivity contribution in [1.82, 2.24) is 0 Å². The predicted octanol–water partition coefficient (Wildman–Crippen LogP) is 6.85. The number of benzene rings is 3. The number of Topliss-reactive ketones (excluding diaryl/α,β-unsaturated/α-hetero) is 1. The van der Waals surface area contributed by atoms with Gasteiger partial charge in [-0.25, -0.2) is 0 Å². The number of hydrogen-bond acceptors (Lipinski definition) is 8. The zero-order valence-corrected chi connectivity index (χ0v) is 20.8. The third-order valence-corrected chi connectivity index (χ3v) is 5.55. The number of carbonyl (C=O) groups excluding carboxylic acids is 2. The van der Waals surface area contributed by atoms with E-state index in [1.807, 2.05) is 47.4 Å². The van der Waals surface area contributed by atoms with Gasteiger partial charge in [-0.15, -0.1) is 5.11 Å². The average Bonchev–Trinajstić information content (AvgIpc) is 2.86. The van der Waals surface area contributed by atoms with Crippen LogP contribution in [0.2, 0.25) is 10.0 Å². The Morgan fingerprint density at radius 1 is 1.00 bits per heavy atom. The average molecular weight is 529 g/mol. The van der Waals surface area contributed by atoms with Gasteiger partial charge in [-0.2, -0.15) is 5.11 Å². The summed E-state index contributed by atoms with van der Waals surface area (Å²) in [6.07, 6.45) is 0.112. The molecule has 3 rings (SSSR count). The normalized spacial score (nSPS) is 10.9. The minimum atomic E-state index is -0.627.